The van der Waals surface area contributed by atoms with E-state index in [0.29, 0.717) is 43.3 Å². The van der Waals surface area contributed by atoms with Gasteiger partial charge in [-0.1, -0.05) is 32.0 Å². The molecule has 0 bridgehead atoms. The molecule has 1 amide bonds. The van der Waals surface area contributed by atoms with Crippen LogP contribution in [0.3, 0.4) is 0 Å². The molecule has 1 fully saturated rings. The Kier molecular flexibility index (Phi) is 6.34. The van der Waals surface area contributed by atoms with Gasteiger partial charge in [-0.25, -0.2) is 8.42 Å². The van der Waals surface area contributed by atoms with E-state index < -0.39 is 10.0 Å². The Labute approximate surface area is 165 Å². The van der Waals surface area contributed by atoms with Gasteiger partial charge in [-0.2, -0.15) is 4.31 Å². The van der Waals surface area contributed by atoms with Crippen molar-refractivity contribution in [3.8, 4) is 0 Å². The Bertz CT molecular complexity index is 851. The third-order valence-electron chi connectivity index (χ3n) is 5.03. The van der Waals surface area contributed by atoms with Gasteiger partial charge in [0.1, 0.15) is 0 Å². The quantitative estimate of drug-likeness (QED) is 0.797. The van der Waals surface area contributed by atoms with Crippen molar-refractivity contribution >= 4 is 27.3 Å². The lowest BCUT2D eigenvalue weighted by molar-refractivity contribution is -0.126. The van der Waals surface area contributed by atoms with Crippen molar-refractivity contribution in [3.05, 3.63) is 52.2 Å². The summed E-state index contributed by atoms with van der Waals surface area (Å²) in [5, 5.41) is 4.94. The number of hydrogen-bond donors (Lipinski definition) is 1. The van der Waals surface area contributed by atoms with Crippen molar-refractivity contribution in [3.63, 3.8) is 0 Å². The summed E-state index contributed by atoms with van der Waals surface area (Å²) < 4.78 is 27.2. The van der Waals surface area contributed by atoms with E-state index in [0.717, 1.165) is 10.4 Å². The van der Waals surface area contributed by atoms with Crippen LogP contribution in [0.1, 0.15) is 43.0 Å². The van der Waals surface area contributed by atoms with Gasteiger partial charge in [0, 0.05) is 23.9 Å². The lowest BCUT2D eigenvalue weighted by Gasteiger charge is -2.30. The molecular weight excluding hydrogens is 380 g/mol. The molecule has 1 aromatic heterocycles. The molecule has 27 heavy (non-hydrogen) atoms. The van der Waals surface area contributed by atoms with Gasteiger partial charge in [0.05, 0.1) is 11.4 Å². The zero-order chi connectivity index (χ0) is 19.4. The molecule has 0 radical (unpaired) electrons. The summed E-state index contributed by atoms with van der Waals surface area (Å²) in [5.74, 6) is 0.256. The van der Waals surface area contributed by atoms with E-state index in [1.54, 1.807) is 23.5 Å². The average Bonchev–Trinajstić information content (AvgIpc) is 3.20. The number of piperidine rings is 1. The molecule has 5 nitrogen and oxygen atoms in total. The van der Waals surface area contributed by atoms with Crippen molar-refractivity contribution in [1.82, 2.24) is 9.62 Å². The molecule has 3 rings (SSSR count). The molecule has 2 heterocycles. The number of carbonyl (C=O) groups excluding carboxylic acids is 1. The van der Waals surface area contributed by atoms with Crippen LogP contribution in [0.2, 0.25) is 0 Å². The molecule has 2 aromatic rings. The number of carbonyl (C=O) groups is 1. The van der Waals surface area contributed by atoms with Gasteiger partial charge in [0.15, 0.2) is 0 Å². The second-order valence-corrected chi connectivity index (χ2v) is 10.2. The minimum Gasteiger partial charge on any atom is -0.351 e. The van der Waals surface area contributed by atoms with Crippen LogP contribution in [0.15, 0.2) is 46.7 Å². The van der Waals surface area contributed by atoms with Crippen LogP contribution < -0.4 is 5.32 Å². The first-order valence-corrected chi connectivity index (χ1v) is 11.6. The smallest absolute Gasteiger partial charge is 0.243 e. The van der Waals surface area contributed by atoms with Crippen LogP contribution >= 0.6 is 11.3 Å². The summed E-state index contributed by atoms with van der Waals surface area (Å²) in [6.45, 7) is 5.46. The fraction of sp³-hybridized carbons (Fsp3) is 0.450. The maximum absolute atomic E-state index is 12.9. The minimum absolute atomic E-state index is 0.0155. The van der Waals surface area contributed by atoms with E-state index in [4.69, 9.17) is 0 Å². The maximum atomic E-state index is 12.9. The highest BCUT2D eigenvalue weighted by Gasteiger charge is 2.32. The topological polar surface area (TPSA) is 66.5 Å². The summed E-state index contributed by atoms with van der Waals surface area (Å²) >= 11 is 1.61. The number of benzene rings is 1. The van der Waals surface area contributed by atoms with E-state index in [2.05, 4.69) is 19.2 Å². The molecule has 1 saturated heterocycles. The predicted octanol–water partition coefficient (Wildman–Crippen LogP) is 3.59. The Hall–Kier alpha value is -1.70. The lowest BCUT2D eigenvalue weighted by atomic mass is 9.97. The summed E-state index contributed by atoms with van der Waals surface area (Å²) in [6, 6.07) is 11.1. The van der Waals surface area contributed by atoms with Crippen LogP contribution in [-0.2, 0) is 21.4 Å². The Morgan fingerprint density at radius 3 is 2.41 bits per heavy atom. The Balaban J connectivity index is 1.56. The van der Waals surface area contributed by atoms with Crippen LogP contribution in [0.5, 0.6) is 0 Å². The highest BCUT2D eigenvalue weighted by atomic mass is 32.2. The Morgan fingerprint density at radius 2 is 1.85 bits per heavy atom. The number of thiophene rings is 1. The molecule has 146 valence electrons. The summed E-state index contributed by atoms with van der Waals surface area (Å²) in [7, 11) is -3.50. The zero-order valence-corrected chi connectivity index (χ0v) is 17.4. The monoisotopic (exact) mass is 406 g/mol. The van der Waals surface area contributed by atoms with Crippen LogP contribution in [0.4, 0.5) is 0 Å². The number of rotatable bonds is 6. The summed E-state index contributed by atoms with van der Waals surface area (Å²) in [5.41, 5.74) is 1.12. The van der Waals surface area contributed by atoms with E-state index in [9.17, 15) is 13.2 Å². The second-order valence-electron chi connectivity index (χ2n) is 7.20. The SMILES string of the molecule is CC(C)c1ccc(S(=O)(=O)N2CCC(C(=O)NCc3cccs3)CC2)cc1. The number of nitrogens with zero attached hydrogens (tertiary/aromatic N) is 1. The van der Waals surface area contributed by atoms with E-state index in [1.165, 1.54) is 4.31 Å². The molecule has 7 heteroatoms. The van der Waals surface area contributed by atoms with Gasteiger partial charge >= 0.3 is 0 Å². The third kappa shape index (κ3) is 4.78. The summed E-state index contributed by atoms with van der Waals surface area (Å²) in [6.07, 6.45) is 1.11. The number of hydrogen-bond acceptors (Lipinski definition) is 4. The molecule has 0 aliphatic carbocycles. The van der Waals surface area contributed by atoms with Crippen molar-refractivity contribution < 1.29 is 13.2 Å². The predicted molar refractivity (Wildman–Crippen MR) is 108 cm³/mol. The van der Waals surface area contributed by atoms with Crippen LogP contribution in [0.25, 0.3) is 0 Å². The first-order valence-electron chi connectivity index (χ1n) is 9.28. The fourth-order valence-corrected chi connectivity index (χ4v) is 5.38. The maximum Gasteiger partial charge on any atom is 0.243 e. The van der Waals surface area contributed by atoms with Crippen molar-refractivity contribution in [2.45, 2.75) is 44.0 Å². The largest absolute Gasteiger partial charge is 0.351 e. The van der Waals surface area contributed by atoms with Crippen molar-refractivity contribution in [2.24, 2.45) is 5.92 Å². The third-order valence-corrected chi connectivity index (χ3v) is 7.82. The number of nitrogens with one attached hydrogen (secondary N) is 1. The van der Waals surface area contributed by atoms with Gasteiger partial charge in [0.25, 0.3) is 0 Å². The zero-order valence-electron chi connectivity index (χ0n) is 15.7. The van der Waals surface area contributed by atoms with Gasteiger partial charge in [-0.15, -0.1) is 11.3 Å². The van der Waals surface area contributed by atoms with Gasteiger partial charge < -0.3 is 5.32 Å². The van der Waals surface area contributed by atoms with Gasteiger partial charge in [-0.3, -0.25) is 4.79 Å². The van der Waals surface area contributed by atoms with E-state index >= 15 is 0 Å². The number of sulfonamides is 1. The van der Waals surface area contributed by atoms with Gasteiger partial charge in [0.2, 0.25) is 15.9 Å². The average molecular weight is 407 g/mol. The van der Waals surface area contributed by atoms with Crippen molar-refractivity contribution in [2.75, 3.05) is 13.1 Å². The lowest BCUT2D eigenvalue weighted by Crippen LogP contribution is -2.42. The molecule has 0 saturated carbocycles. The molecule has 1 N–H and O–H groups in total. The molecule has 0 unspecified atom stereocenters. The van der Waals surface area contributed by atoms with E-state index in [-0.39, 0.29) is 11.8 Å². The second kappa shape index (κ2) is 8.54. The minimum atomic E-state index is -3.50. The summed E-state index contributed by atoms with van der Waals surface area (Å²) in [4.78, 5) is 13.8. The van der Waals surface area contributed by atoms with Gasteiger partial charge in [-0.05, 0) is 47.9 Å². The molecular formula is C20H26N2O3S2. The molecule has 1 aromatic carbocycles. The number of amides is 1. The molecule has 0 spiro atoms. The van der Waals surface area contributed by atoms with Crippen LogP contribution in [-0.4, -0.2) is 31.7 Å². The normalized spacial score (nSPS) is 16.6. The molecule has 0 atom stereocenters. The molecule has 1 aliphatic heterocycles. The standard InChI is InChI=1S/C20H26N2O3S2/c1-15(2)16-5-7-19(8-6-16)27(24,25)22-11-9-17(10-12-22)20(23)21-14-18-4-3-13-26-18/h3-8,13,15,17H,9-12,14H2,1-2H3,(H,21,23). The highest BCUT2D eigenvalue weighted by molar-refractivity contribution is 7.89. The van der Waals surface area contributed by atoms with E-state index in [1.807, 2.05) is 29.6 Å². The van der Waals surface area contributed by atoms with Crippen LogP contribution in [0, 0.1) is 5.92 Å². The first-order chi connectivity index (χ1) is 12.9. The highest BCUT2D eigenvalue weighted by Crippen LogP contribution is 2.25. The molecule has 1 aliphatic rings. The van der Waals surface area contributed by atoms with Crippen molar-refractivity contribution in [1.29, 1.82) is 0 Å². The Morgan fingerprint density at radius 1 is 1.19 bits per heavy atom. The first kappa shape index (κ1) is 20.0. The fourth-order valence-electron chi connectivity index (χ4n) is 3.26.